The molecule has 0 unspecified atom stereocenters. The monoisotopic (exact) mass is 567 g/mol. The molecule has 3 heterocycles. The van der Waals surface area contributed by atoms with Crippen LogP contribution >= 0.6 is 23.2 Å². The molecule has 1 saturated heterocycles. The SMILES string of the molecule is COc1cc(C(=O)N2CCN(C)CC2)ccc1Nc1nc(Cc2c(Cl)cccc2Cl)c2nc[nH]c2c1C(N)=O. The van der Waals surface area contributed by atoms with E-state index in [0.29, 0.717) is 62.4 Å². The summed E-state index contributed by atoms with van der Waals surface area (Å²) < 4.78 is 5.60. The first-order chi connectivity index (χ1) is 18.8. The molecule has 2 aromatic heterocycles. The number of imidazole rings is 1. The smallest absolute Gasteiger partial charge is 0.254 e. The lowest BCUT2D eigenvalue weighted by molar-refractivity contribution is 0.0663. The maximum Gasteiger partial charge on any atom is 0.254 e. The van der Waals surface area contributed by atoms with Gasteiger partial charge in [0.2, 0.25) is 0 Å². The normalized spacial score (nSPS) is 14.0. The number of amides is 2. The molecule has 1 aliphatic heterocycles. The highest BCUT2D eigenvalue weighted by Gasteiger charge is 2.24. The van der Waals surface area contributed by atoms with Gasteiger partial charge in [0.1, 0.15) is 22.6 Å². The number of H-pyrrole nitrogens is 1. The number of fused-ring (bicyclic) bond motifs is 1. The number of ether oxygens (including phenoxy) is 1. The number of rotatable bonds is 7. The van der Waals surface area contributed by atoms with E-state index in [1.807, 2.05) is 11.9 Å². The number of hydrogen-bond donors (Lipinski definition) is 3. The zero-order valence-electron chi connectivity index (χ0n) is 21.4. The van der Waals surface area contributed by atoms with Crippen molar-refractivity contribution in [3.63, 3.8) is 0 Å². The fraction of sp³-hybridized carbons (Fsp3) is 0.259. The number of piperazine rings is 1. The fourth-order valence-corrected chi connectivity index (χ4v) is 5.17. The number of halogens is 2. The highest BCUT2D eigenvalue weighted by molar-refractivity contribution is 6.36. The van der Waals surface area contributed by atoms with Crippen LogP contribution in [-0.4, -0.2) is 76.9 Å². The Bertz CT molecular complexity index is 1540. The predicted molar refractivity (Wildman–Crippen MR) is 151 cm³/mol. The third-order valence-electron chi connectivity index (χ3n) is 6.79. The number of anilines is 2. The lowest BCUT2D eigenvalue weighted by atomic mass is 10.1. The molecule has 4 N–H and O–H groups in total. The molecule has 202 valence electrons. The Morgan fingerprint density at radius 1 is 1.13 bits per heavy atom. The molecule has 0 spiro atoms. The second-order valence-corrected chi connectivity index (χ2v) is 10.1. The van der Waals surface area contributed by atoms with Crippen LogP contribution in [0, 0.1) is 0 Å². The number of nitrogens with two attached hydrogens (primary N) is 1. The van der Waals surface area contributed by atoms with Gasteiger partial charge in [-0.1, -0.05) is 29.3 Å². The van der Waals surface area contributed by atoms with Gasteiger partial charge in [-0.15, -0.1) is 0 Å². The van der Waals surface area contributed by atoms with Crippen molar-refractivity contribution in [2.75, 3.05) is 45.7 Å². The molecular formula is C27H27Cl2N7O3. The number of carbonyl (C=O) groups excluding carboxylic acids is 2. The largest absolute Gasteiger partial charge is 0.495 e. The standard InChI is InChI=1S/C27H27Cl2N7O3/c1-35-8-10-36(11-9-35)27(38)15-6-7-19(21(12-15)39-2)33-26-22(25(30)37)24-23(31-14-32-24)20(34-26)13-16-17(28)4-3-5-18(16)29/h3-7,12,14H,8-11,13H2,1-2H3,(H2,30,37)(H,31,32)(H,33,34). The van der Waals surface area contributed by atoms with E-state index in [1.165, 1.54) is 13.4 Å². The van der Waals surface area contributed by atoms with Crippen LogP contribution in [-0.2, 0) is 6.42 Å². The molecule has 5 rings (SSSR count). The Morgan fingerprint density at radius 2 is 1.85 bits per heavy atom. The van der Waals surface area contributed by atoms with E-state index in [-0.39, 0.29) is 23.7 Å². The Hall–Kier alpha value is -3.86. The number of aromatic amines is 1. The van der Waals surface area contributed by atoms with E-state index in [9.17, 15) is 9.59 Å². The number of benzene rings is 2. The zero-order valence-corrected chi connectivity index (χ0v) is 22.9. The maximum atomic E-state index is 13.1. The van der Waals surface area contributed by atoms with Crippen molar-refractivity contribution in [2.24, 2.45) is 5.73 Å². The first-order valence-corrected chi connectivity index (χ1v) is 13.0. The van der Waals surface area contributed by atoms with Gasteiger partial charge in [0, 0.05) is 48.2 Å². The van der Waals surface area contributed by atoms with Crippen molar-refractivity contribution in [3.05, 3.63) is 75.2 Å². The summed E-state index contributed by atoms with van der Waals surface area (Å²) in [6, 6.07) is 10.4. The number of nitrogens with one attached hydrogen (secondary N) is 2. The van der Waals surface area contributed by atoms with E-state index in [4.69, 9.17) is 38.7 Å². The highest BCUT2D eigenvalue weighted by Crippen LogP contribution is 2.34. The van der Waals surface area contributed by atoms with E-state index in [1.54, 1.807) is 36.4 Å². The van der Waals surface area contributed by atoms with E-state index in [2.05, 4.69) is 20.2 Å². The van der Waals surface area contributed by atoms with Gasteiger partial charge in [-0.25, -0.2) is 9.97 Å². The molecule has 39 heavy (non-hydrogen) atoms. The maximum absolute atomic E-state index is 13.1. The van der Waals surface area contributed by atoms with Gasteiger partial charge in [-0.2, -0.15) is 0 Å². The van der Waals surface area contributed by atoms with Crippen LogP contribution in [0.25, 0.3) is 11.0 Å². The summed E-state index contributed by atoms with van der Waals surface area (Å²) in [5.74, 6) is -0.148. The number of hydrogen-bond acceptors (Lipinski definition) is 7. The average molecular weight is 568 g/mol. The van der Waals surface area contributed by atoms with E-state index < -0.39 is 5.91 Å². The lowest BCUT2D eigenvalue weighted by Gasteiger charge is -2.32. The molecule has 2 amide bonds. The molecule has 10 nitrogen and oxygen atoms in total. The van der Waals surface area contributed by atoms with Crippen LogP contribution in [0.2, 0.25) is 10.0 Å². The molecule has 0 aliphatic carbocycles. The molecule has 0 radical (unpaired) electrons. The second kappa shape index (κ2) is 11.1. The van der Waals surface area contributed by atoms with Crippen molar-refractivity contribution in [1.82, 2.24) is 24.8 Å². The van der Waals surface area contributed by atoms with Crippen molar-refractivity contribution in [1.29, 1.82) is 0 Å². The van der Waals surface area contributed by atoms with Crippen LogP contribution in [0.5, 0.6) is 5.75 Å². The van der Waals surface area contributed by atoms with Gasteiger partial charge in [0.05, 0.1) is 30.3 Å². The summed E-state index contributed by atoms with van der Waals surface area (Å²) in [6.45, 7) is 2.96. The van der Waals surface area contributed by atoms with Gasteiger partial charge in [-0.3, -0.25) is 9.59 Å². The lowest BCUT2D eigenvalue weighted by Crippen LogP contribution is -2.47. The number of pyridine rings is 1. The number of methoxy groups -OCH3 is 1. The quantitative estimate of drug-likeness (QED) is 0.306. The van der Waals surface area contributed by atoms with Crippen molar-refractivity contribution in [3.8, 4) is 5.75 Å². The summed E-state index contributed by atoms with van der Waals surface area (Å²) in [5.41, 5.74) is 9.04. The molecule has 2 aromatic carbocycles. The number of carbonyl (C=O) groups is 2. The van der Waals surface area contributed by atoms with Crippen molar-refractivity contribution < 1.29 is 14.3 Å². The average Bonchev–Trinajstić information content (AvgIpc) is 3.40. The molecule has 0 saturated carbocycles. The van der Waals surface area contributed by atoms with Crippen LogP contribution in [0.4, 0.5) is 11.5 Å². The van der Waals surface area contributed by atoms with Crippen LogP contribution < -0.4 is 15.8 Å². The third-order valence-corrected chi connectivity index (χ3v) is 7.50. The van der Waals surface area contributed by atoms with E-state index in [0.717, 1.165) is 13.1 Å². The van der Waals surface area contributed by atoms with Gasteiger partial charge >= 0.3 is 0 Å². The van der Waals surface area contributed by atoms with Crippen LogP contribution in [0.15, 0.2) is 42.7 Å². The second-order valence-electron chi connectivity index (χ2n) is 9.29. The molecule has 4 aromatic rings. The highest BCUT2D eigenvalue weighted by atomic mass is 35.5. The molecular weight excluding hydrogens is 541 g/mol. The van der Waals surface area contributed by atoms with Crippen molar-refractivity contribution >= 4 is 57.6 Å². The van der Waals surface area contributed by atoms with Gasteiger partial charge in [0.25, 0.3) is 11.8 Å². The minimum absolute atomic E-state index is 0.0679. The number of primary amides is 1. The van der Waals surface area contributed by atoms with Crippen LogP contribution in [0.1, 0.15) is 32.0 Å². The molecule has 12 heteroatoms. The molecule has 1 aliphatic rings. The summed E-state index contributed by atoms with van der Waals surface area (Å²) in [6.07, 6.45) is 1.74. The Labute approximate surface area is 235 Å². The summed E-state index contributed by atoms with van der Waals surface area (Å²) in [7, 11) is 3.55. The van der Waals surface area contributed by atoms with E-state index >= 15 is 0 Å². The first-order valence-electron chi connectivity index (χ1n) is 12.3. The molecule has 1 fully saturated rings. The fourth-order valence-electron chi connectivity index (χ4n) is 4.64. The summed E-state index contributed by atoms with van der Waals surface area (Å²) in [4.78, 5) is 41.8. The topological polar surface area (TPSA) is 129 Å². The molecule has 0 atom stereocenters. The number of nitrogens with zero attached hydrogens (tertiary/aromatic N) is 4. The molecule has 0 bridgehead atoms. The summed E-state index contributed by atoms with van der Waals surface area (Å²) >= 11 is 12.8. The van der Waals surface area contributed by atoms with Crippen LogP contribution in [0.3, 0.4) is 0 Å². The minimum Gasteiger partial charge on any atom is -0.495 e. The number of likely N-dealkylation sites (N-methyl/N-ethyl adjacent to an activating group) is 1. The zero-order chi connectivity index (χ0) is 27.7. The third kappa shape index (κ3) is 5.36. The van der Waals surface area contributed by atoms with Gasteiger partial charge in [-0.05, 0) is 42.9 Å². The van der Waals surface area contributed by atoms with Gasteiger partial charge < -0.3 is 30.6 Å². The minimum atomic E-state index is -0.692. The Balaban J connectivity index is 1.52. The predicted octanol–water partition coefficient (Wildman–Crippen LogP) is 4.09. The van der Waals surface area contributed by atoms with Crippen molar-refractivity contribution in [2.45, 2.75) is 6.42 Å². The van der Waals surface area contributed by atoms with Gasteiger partial charge in [0.15, 0.2) is 0 Å². The first kappa shape index (κ1) is 26.7. The Morgan fingerprint density at radius 3 is 2.51 bits per heavy atom. The Kier molecular flexibility index (Phi) is 7.60. The number of aromatic nitrogens is 3. The summed E-state index contributed by atoms with van der Waals surface area (Å²) in [5, 5.41) is 4.16.